The Labute approximate surface area is 106 Å². The predicted octanol–water partition coefficient (Wildman–Crippen LogP) is 1.63. The Morgan fingerprint density at radius 3 is 2.21 bits per heavy atom. The van der Waals surface area contributed by atoms with Gasteiger partial charge in [0, 0.05) is 12.4 Å². The number of hydrogen-bond acceptors (Lipinski definition) is 10. The fourth-order valence-electron chi connectivity index (χ4n) is 1.17. The summed E-state index contributed by atoms with van der Waals surface area (Å²) in [5.74, 6) is -0.300. The van der Waals surface area contributed by atoms with Crippen LogP contribution < -0.4 is 0 Å². The van der Waals surface area contributed by atoms with Crippen molar-refractivity contribution in [2.24, 2.45) is 0 Å². The Morgan fingerprint density at radius 1 is 0.947 bits per heavy atom. The van der Waals surface area contributed by atoms with Gasteiger partial charge >= 0.3 is 15.8 Å². The zero-order chi connectivity index (χ0) is 13.8. The normalized spacial score (nSPS) is 10.8. The van der Waals surface area contributed by atoms with Crippen molar-refractivity contribution in [1.82, 2.24) is 19.9 Å². The summed E-state index contributed by atoms with van der Waals surface area (Å²) in [6.45, 7) is 0. The van der Waals surface area contributed by atoms with Gasteiger partial charge in [-0.15, -0.1) is 0 Å². The van der Waals surface area contributed by atoms with Gasteiger partial charge in [0.25, 0.3) is 0 Å². The molecule has 0 aliphatic heterocycles. The van der Waals surface area contributed by atoms with E-state index in [1.807, 2.05) is 0 Å². The van der Waals surface area contributed by atoms with Crippen LogP contribution in [0.2, 0.25) is 0 Å². The molecule has 0 bridgehead atoms. The van der Waals surface area contributed by atoms with Gasteiger partial charge in [-0.25, -0.2) is 47.2 Å². The summed E-state index contributed by atoms with van der Waals surface area (Å²) in [5, 5.41) is 0. The summed E-state index contributed by atoms with van der Waals surface area (Å²) in [7, 11) is -6.69. The topological polar surface area (TPSA) is 138 Å². The number of aromatic nitrogens is 4. The molecule has 0 amide bonds. The molecule has 2 aromatic rings. The van der Waals surface area contributed by atoms with E-state index >= 15 is 0 Å². The van der Waals surface area contributed by atoms with E-state index in [1.54, 1.807) is 0 Å². The number of rotatable bonds is 5. The Hall–Kier alpha value is -1.86. The van der Waals surface area contributed by atoms with E-state index in [-0.39, 0.29) is 11.5 Å². The van der Waals surface area contributed by atoms with Crippen LogP contribution in [0.4, 0.5) is 0 Å². The molecule has 0 radical (unpaired) electrons. The van der Waals surface area contributed by atoms with Crippen LogP contribution in [0.3, 0.4) is 0 Å². The molecule has 0 aliphatic rings. The third-order valence-corrected chi connectivity index (χ3v) is 2.55. The highest BCUT2D eigenvalue weighted by Crippen LogP contribution is 2.29. The van der Waals surface area contributed by atoms with Crippen molar-refractivity contribution in [1.29, 1.82) is 0 Å². The molecular weight excluding hydrogens is 298 g/mol. The molecule has 98 valence electrons. The van der Waals surface area contributed by atoms with Crippen LogP contribution >= 0.6 is 15.8 Å². The fraction of sp³-hybridized carbons (Fsp3) is 0.143. The maximum atomic E-state index is 10.5. The third-order valence-electron chi connectivity index (χ3n) is 1.82. The van der Waals surface area contributed by atoms with Crippen molar-refractivity contribution < 1.29 is 27.3 Å². The summed E-state index contributed by atoms with van der Waals surface area (Å²) in [5.41, 5.74) is 0.495. The smallest absolute Gasteiger partial charge is 0.250 e. The SMILES string of the molecule is O=P(=O)OC(OP(=O)=O)c1ncc2nccnc2n1. The average Bonchev–Trinajstić information content (AvgIpc) is 2.36. The van der Waals surface area contributed by atoms with Crippen molar-refractivity contribution in [3.8, 4) is 0 Å². The highest BCUT2D eigenvalue weighted by molar-refractivity contribution is 7.25. The highest BCUT2D eigenvalue weighted by Gasteiger charge is 2.22. The number of hydrogen-bond donors (Lipinski definition) is 0. The second kappa shape index (κ2) is 5.85. The summed E-state index contributed by atoms with van der Waals surface area (Å²) in [6.07, 6.45) is 2.23. The molecule has 0 spiro atoms. The largest absolute Gasteiger partial charge is 0.471 e. The van der Waals surface area contributed by atoms with E-state index < -0.39 is 22.1 Å². The van der Waals surface area contributed by atoms with Gasteiger partial charge in [0.05, 0.1) is 6.20 Å². The van der Waals surface area contributed by atoms with Gasteiger partial charge in [-0.3, -0.25) is 0 Å². The van der Waals surface area contributed by atoms with E-state index in [4.69, 9.17) is 0 Å². The lowest BCUT2D eigenvalue weighted by molar-refractivity contribution is 0.00479. The lowest BCUT2D eigenvalue weighted by Gasteiger charge is -2.07. The van der Waals surface area contributed by atoms with Gasteiger partial charge in [-0.1, -0.05) is 0 Å². The number of fused-ring (bicyclic) bond motifs is 1. The summed E-state index contributed by atoms with van der Waals surface area (Å²) in [4.78, 5) is 15.3. The van der Waals surface area contributed by atoms with Gasteiger partial charge in [0.1, 0.15) is 5.52 Å². The molecular formula is C7H4N4O6P2. The maximum Gasteiger partial charge on any atom is 0.471 e. The van der Waals surface area contributed by atoms with E-state index in [9.17, 15) is 18.3 Å². The van der Waals surface area contributed by atoms with Crippen LogP contribution in [-0.2, 0) is 27.3 Å². The van der Waals surface area contributed by atoms with Crippen LogP contribution in [0, 0.1) is 0 Å². The minimum atomic E-state index is -3.35. The zero-order valence-corrected chi connectivity index (χ0v) is 10.7. The summed E-state index contributed by atoms with van der Waals surface area (Å²) >= 11 is 0. The Bertz CT molecular complexity index is 705. The van der Waals surface area contributed by atoms with Gasteiger partial charge in [0.15, 0.2) is 11.5 Å². The van der Waals surface area contributed by atoms with E-state index in [2.05, 4.69) is 29.0 Å². The van der Waals surface area contributed by atoms with Crippen molar-refractivity contribution in [3.63, 3.8) is 0 Å². The summed E-state index contributed by atoms with van der Waals surface area (Å²) in [6, 6.07) is 0. The van der Waals surface area contributed by atoms with Crippen molar-refractivity contribution in [2.45, 2.75) is 6.29 Å². The quantitative estimate of drug-likeness (QED) is 0.591. The molecule has 12 heteroatoms. The van der Waals surface area contributed by atoms with Gasteiger partial charge in [-0.05, 0) is 0 Å². The van der Waals surface area contributed by atoms with Crippen molar-refractivity contribution in [3.05, 3.63) is 24.4 Å². The molecule has 2 rings (SSSR count). The first-order chi connectivity index (χ1) is 9.06. The maximum absolute atomic E-state index is 10.5. The molecule has 0 aliphatic carbocycles. The van der Waals surface area contributed by atoms with Crippen LogP contribution in [0.1, 0.15) is 12.1 Å². The first-order valence-corrected chi connectivity index (χ1v) is 6.81. The minimum Gasteiger partial charge on any atom is -0.250 e. The van der Waals surface area contributed by atoms with Gasteiger partial charge in [-0.2, -0.15) is 0 Å². The molecule has 0 atom stereocenters. The second-order valence-corrected chi connectivity index (χ2v) is 4.30. The first kappa shape index (κ1) is 13.6. The second-order valence-electron chi connectivity index (χ2n) is 2.98. The molecule has 0 fully saturated rings. The molecule has 0 N–H and O–H groups in total. The van der Waals surface area contributed by atoms with E-state index in [0.717, 1.165) is 0 Å². The van der Waals surface area contributed by atoms with Crippen LogP contribution in [0.25, 0.3) is 11.2 Å². The highest BCUT2D eigenvalue weighted by atomic mass is 31.1. The molecule has 0 unspecified atom stereocenters. The Kier molecular flexibility index (Phi) is 4.18. The molecule has 0 saturated heterocycles. The average molecular weight is 302 g/mol. The lowest BCUT2D eigenvalue weighted by atomic mass is 10.5. The summed E-state index contributed by atoms with van der Waals surface area (Å²) < 4.78 is 50.5. The number of nitrogens with zero attached hydrogens (tertiary/aromatic N) is 4. The minimum absolute atomic E-state index is 0.145. The molecule has 0 aromatic carbocycles. The Morgan fingerprint density at radius 2 is 1.58 bits per heavy atom. The molecule has 2 aromatic heterocycles. The van der Waals surface area contributed by atoms with Crippen LogP contribution in [0.5, 0.6) is 0 Å². The predicted molar refractivity (Wildman–Crippen MR) is 56.6 cm³/mol. The lowest BCUT2D eigenvalue weighted by Crippen LogP contribution is -2.06. The zero-order valence-electron chi connectivity index (χ0n) is 8.94. The molecule has 0 saturated carbocycles. The van der Waals surface area contributed by atoms with Crippen LogP contribution in [0.15, 0.2) is 18.6 Å². The monoisotopic (exact) mass is 302 g/mol. The van der Waals surface area contributed by atoms with Gasteiger partial charge < -0.3 is 0 Å². The Balaban J connectivity index is 2.42. The third kappa shape index (κ3) is 3.55. The first-order valence-electron chi connectivity index (χ1n) is 4.62. The van der Waals surface area contributed by atoms with E-state index in [1.165, 1.54) is 18.6 Å². The molecule has 19 heavy (non-hydrogen) atoms. The van der Waals surface area contributed by atoms with Crippen molar-refractivity contribution in [2.75, 3.05) is 0 Å². The molecule has 2 heterocycles. The van der Waals surface area contributed by atoms with E-state index in [0.29, 0.717) is 5.52 Å². The molecule has 10 nitrogen and oxygen atoms in total. The van der Waals surface area contributed by atoms with Gasteiger partial charge in [0.2, 0.25) is 6.29 Å². The van der Waals surface area contributed by atoms with Crippen molar-refractivity contribution >= 4 is 27.0 Å². The van der Waals surface area contributed by atoms with Crippen LogP contribution in [-0.4, -0.2) is 19.9 Å². The fourth-order valence-corrected chi connectivity index (χ4v) is 1.82. The standard InChI is InChI=1S/C7H4N4O6P2/c12-18(13)16-7(17-19(14)15)6-10-3-4-5(11-6)9-2-1-8-4/h1-3,7H.